The maximum Gasteiger partial charge on any atom is 0.261 e. The van der Waals surface area contributed by atoms with Crippen molar-refractivity contribution in [3.63, 3.8) is 0 Å². The van der Waals surface area contributed by atoms with Crippen molar-refractivity contribution in [3.8, 4) is 11.5 Å². The highest BCUT2D eigenvalue weighted by Crippen LogP contribution is 2.24. The minimum atomic E-state index is -0.905. The van der Waals surface area contributed by atoms with Gasteiger partial charge in [-0.15, -0.1) is 0 Å². The SMILES string of the molecule is Cc1cc(-c2nc(C(C)O)no2)c(F)cc1F. The molecule has 90 valence electrons. The Hall–Kier alpha value is -1.82. The van der Waals surface area contributed by atoms with E-state index in [1.165, 1.54) is 19.9 Å². The molecule has 0 fully saturated rings. The molecule has 1 aromatic heterocycles. The van der Waals surface area contributed by atoms with E-state index in [0.717, 1.165) is 6.07 Å². The zero-order valence-electron chi connectivity index (χ0n) is 9.24. The van der Waals surface area contributed by atoms with Gasteiger partial charge in [-0.1, -0.05) is 5.16 Å². The van der Waals surface area contributed by atoms with Gasteiger partial charge in [0.05, 0.1) is 5.56 Å². The third-order valence-electron chi connectivity index (χ3n) is 2.29. The second kappa shape index (κ2) is 4.21. The number of aliphatic hydroxyl groups excluding tert-OH is 1. The van der Waals surface area contributed by atoms with Crippen LogP contribution in [0.4, 0.5) is 8.78 Å². The van der Waals surface area contributed by atoms with Crippen LogP contribution in [-0.4, -0.2) is 15.2 Å². The van der Waals surface area contributed by atoms with Gasteiger partial charge in [-0.05, 0) is 25.5 Å². The van der Waals surface area contributed by atoms with Gasteiger partial charge in [-0.3, -0.25) is 0 Å². The van der Waals surface area contributed by atoms with Crippen LogP contribution in [0.3, 0.4) is 0 Å². The Morgan fingerprint density at radius 3 is 2.59 bits per heavy atom. The molecule has 0 aliphatic carbocycles. The van der Waals surface area contributed by atoms with Gasteiger partial charge in [0.2, 0.25) is 0 Å². The Labute approximate surface area is 95.9 Å². The highest BCUT2D eigenvalue weighted by molar-refractivity contribution is 5.55. The summed E-state index contributed by atoms with van der Waals surface area (Å²) in [4.78, 5) is 3.82. The number of halogens is 2. The molecule has 0 saturated heterocycles. The number of hydrogen-bond acceptors (Lipinski definition) is 4. The molecule has 0 saturated carbocycles. The van der Waals surface area contributed by atoms with Gasteiger partial charge >= 0.3 is 0 Å². The maximum atomic E-state index is 13.5. The molecule has 1 heterocycles. The topological polar surface area (TPSA) is 59.2 Å². The van der Waals surface area contributed by atoms with Gasteiger partial charge in [0.25, 0.3) is 5.89 Å². The van der Waals surface area contributed by atoms with Crippen molar-refractivity contribution in [2.75, 3.05) is 0 Å². The number of aromatic nitrogens is 2. The number of nitrogens with zero attached hydrogens (tertiary/aromatic N) is 2. The Kier molecular flexibility index (Phi) is 2.89. The summed E-state index contributed by atoms with van der Waals surface area (Å²) in [6, 6.07) is 2.04. The molecule has 1 unspecified atom stereocenters. The first-order valence-corrected chi connectivity index (χ1v) is 4.96. The first kappa shape index (κ1) is 11.7. The predicted octanol–water partition coefficient (Wildman–Crippen LogP) is 2.38. The zero-order chi connectivity index (χ0) is 12.6. The number of aryl methyl sites for hydroxylation is 1. The van der Waals surface area contributed by atoms with Crippen molar-refractivity contribution in [1.82, 2.24) is 10.1 Å². The molecule has 6 heteroatoms. The third kappa shape index (κ3) is 2.16. The highest BCUT2D eigenvalue weighted by atomic mass is 19.1. The highest BCUT2D eigenvalue weighted by Gasteiger charge is 2.17. The number of aliphatic hydroxyl groups is 1. The summed E-state index contributed by atoms with van der Waals surface area (Å²) in [5.74, 6) is -1.45. The summed E-state index contributed by atoms with van der Waals surface area (Å²) in [6.45, 7) is 2.96. The van der Waals surface area contributed by atoms with E-state index in [1.54, 1.807) is 0 Å². The van der Waals surface area contributed by atoms with Crippen LogP contribution in [0, 0.1) is 18.6 Å². The average molecular weight is 240 g/mol. The Balaban J connectivity index is 2.49. The normalized spacial score (nSPS) is 12.8. The molecule has 0 aliphatic heterocycles. The summed E-state index contributed by atoms with van der Waals surface area (Å²) < 4.78 is 31.4. The van der Waals surface area contributed by atoms with Crippen molar-refractivity contribution < 1.29 is 18.4 Å². The molecule has 17 heavy (non-hydrogen) atoms. The van der Waals surface area contributed by atoms with Crippen LogP contribution in [0.25, 0.3) is 11.5 Å². The summed E-state index contributed by atoms with van der Waals surface area (Å²) in [5.41, 5.74) is 0.293. The smallest absolute Gasteiger partial charge is 0.261 e. The van der Waals surface area contributed by atoms with Gasteiger partial charge in [0.1, 0.15) is 17.7 Å². The Morgan fingerprint density at radius 1 is 1.29 bits per heavy atom. The quantitative estimate of drug-likeness (QED) is 0.875. The van der Waals surface area contributed by atoms with Crippen molar-refractivity contribution in [1.29, 1.82) is 0 Å². The second-order valence-corrected chi connectivity index (χ2v) is 3.71. The van der Waals surface area contributed by atoms with E-state index in [4.69, 9.17) is 4.52 Å². The lowest BCUT2D eigenvalue weighted by Gasteiger charge is -2.00. The van der Waals surface area contributed by atoms with Gasteiger partial charge in [-0.2, -0.15) is 4.98 Å². The molecule has 1 aromatic carbocycles. The number of rotatable bonds is 2. The summed E-state index contributed by atoms with van der Waals surface area (Å²) in [6.07, 6.45) is -0.905. The lowest BCUT2D eigenvalue weighted by molar-refractivity contribution is 0.184. The minimum absolute atomic E-state index is 0.0169. The van der Waals surface area contributed by atoms with E-state index >= 15 is 0 Å². The van der Waals surface area contributed by atoms with Crippen LogP contribution >= 0.6 is 0 Å². The predicted molar refractivity (Wildman–Crippen MR) is 55.0 cm³/mol. The molecule has 2 aromatic rings. The van der Waals surface area contributed by atoms with Crippen LogP contribution in [-0.2, 0) is 0 Å². The van der Waals surface area contributed by atoms with Crippen LogP contribution in [0.5, 0.6) is 0 Å². The first-order chi connectivity index (χ1) is 7.99. The largest absolute Gasteiger partial charge is 0.385 e. The molecule has 2 rings (SSSR count). The lowest BCUT2D eigenvalue weighted by atomic mass is 10.1. The van der Waals surface area contributed by atoms with Gasteiger partial charge < -0.3 is 9.63 Å². The van der Waals surface area contributed by atoms with Crippen LogP contribution in [0.15, 0.2) is 16.7 Å². The van der Waals surface area contributed by atoms with Gasteiger partial charge in [-0.25, -0.2) is 8.78 Å². The molecule has 0 radical (unpaired) electrons. The molecular formula is C11H10F2N2O2. The molecular weight excluding hydrogens is 230 g/mol. The maximum absolute atomic E-state index is 13.5. The Bertz CT molecular complexity index is 552. The van der Waals surface area contributed by atoms with E-state index < -0.39 is 17.7 Å². The fourth-order valence-electron chi connectivity index (χ4n) is 1.34. The van der Waals surface area contributed by atoms with Gasteiger partial charge in [0, 0.05) is 6.07 Å². The first-order valence-electron chi connectivity index (χ1n) is 4.96. The van der Waals surface area contributed by atoms with E-state index in [9.17, 15) is 13.9 Å². The average Bonchev–Trinajstić information content (AvgIpc) is 2.72. The lowest BCUT2D eigenvalue weighted by Crippen LogP contribution is -1.94. The van der Waals surface area contributed by atoms with Crippen molar-refractivity contribution >= 4 is 0 Å². The standard InChI is InChI=1S/C11H10F2N2O2/c1-5-3-7(9(13)4-8(5)12)11-14-10(6(2)16)15-17-11/h3-4,6,16H,1-2H3. The monoisotopic (exact) mass is 240 g/mol. The van der Waals surface area contributed by atoms with E-state index in [0.29, 0.717) is 0 Å². The fourth-order valence-corrected chi connectivity index (χ4v) is 1.34. The van der Waals surface area contributed by atoms with E-state index in [1.807, 2.05) is 0 Å². The summed E-state index contributed by atoms with van der Waals surface area (Å²) in [5, 5.41) is 12.7. The number of benzene rings is 1. The van der Waals surface area contributed by atoms with Crippen LogP contribution in [0.1, 0.15) is 24.4 Å². The summed E-state index contributed by atoms with van der Waals surface area (Å²) >= 11 is 0. The Morgan fingerprint density at radius 2 is 2.00 bits per heavy atom. The van der Waals surface area contributed by atoms with Crippen LogP contribution in [0.2, 0.25) is 0 Å². The van der Waals surface area contributed by atoms with Gasteiger partial charge in [0.15, 0.2) is 5.82 Å². The van der Waals surface area contributed by atoms with Crippen molar-refractivity contribution in [3.05, 3.63) is 35.2 Å². The van der Waals surface area contributed by atoms with Crippen molar-refractivity contribution in [2.24, 2.45) is 0 Å². The minimum Gasteiger partial charge on any atom is -0.385 e. The zero-order valence-corrected chi connectivity index (χ0v) is 9.24. The third-order valence-corrected chi connectivity index (χ3v) is 2.29. The molecule has 1 atom stereocenters. The molecule has 0 bridgehead atoms. The van der Waals surface area contributed by atoms with Crippen molar-refractivity contribution in [2.45, 2.75) is 20.0 Å². The summed E-state index contributed by atoms with van der Waals surface area (Å²) in [7, 11) is 0. The fraction of sp³-hybridized carbons (Fsp3) is 0.273. The molecule has 0 spiro atoms. The van der Waals surface area contributed by atoms with Crippen LogP contribution < -0.4 is 0 Å². The van der Waals surface area contributed by atoms with E-state index in [-0.39, 0.29) is 22.8 Å². The molecule has 1 N–H and O–H groups in total. The molecule has 0 aliphatic rings. The molecule has 0 amide bonds. The second-order valence-electron chi connectivity index (χ2n) is 3.71. The van der Waals surface area contributed by atoms with E-state index in [2.05, 4.69) is 10.1 Å². The molecule has 4 nitrogen and oxygen atoms in total. The number of hydrogen-bond donors (Lipinski definition) is 1.